The van der Waals surface area contributed by atoms with E-state index in [1.54, 1.807) is 6.07 Å². The summed E-state index contributed by atoms with van der Waals surface area (Å²) in [5.74, 6) is -2.87. The van der Waals surface area contributed by atoms with Crippen LogP contribution in [0.3, 0.4) is 0 Å². The molecule has 0 bridgehead atoms. The minimum absolute atomic E-state index is 0.524. The highest BCUT2D eigenvalue weighted by Gasteiger charge is 2.35. The predicted molar refractivity (Wildman–Crippen MR) is 63.0 cm³/mol. The summed E-state index contributed by atoms with van der Waals surface area (Å²) < 4.78 is 0. The monoisotopic (exact) mass is 232 g/mol. The maximum absolute atomic E-state index is 11.8. The maximum Gasteiger partial charge on any atom is 0.321 e. The summed E-state index contributed by atoms with van der Waals surface area (Å²) in [4.78, 5) is 22.6. The molecule has 5 nitrogen and oxygen atoms in total. The first-order chi connectivity index (χ1) is 8.00. The number of aryl methyl sites for hydroxylation is 2. The lowest BCUT2D eigenvalue weighted by atomic mass is 10.1. The van der Waals surface area contributed by atoms with Crippen molar-refractivity contribution in [1.82, 2.24) is 0 Å². The SMILES string of the molecule is Cc1ccc(N2N=CC(C(=O)O)C2=O)c(C)c1. The Balaban J connectivity index is 2.34. The molecule has 1 amide bonds. The average Bonchev–Trinajstić information content (AvgIpc) is 2.60. The number of nitrogens with zero attached hydrogens (tertiary/aromatic N) is 2. The number of anilines is 1. The Labute approximate surface area is 98.4 Å². The summed E-state index contributed by atoms with van der Waals surface area (Å²) in [7, 11) is 0. The molecule has 2 rings (SSSR count). The number of carbonyl (C=O) groups is 2. The van der Waals surface area contributed by atoms with E-state index in [0.29, 0.717) is 5.69 Å². The molecule has 1 atom stereocenters. The molecule has 1 N–H and O–H groups in total. The highest BCUT2D eigenvalue weighted by molar-refractivity contribution is 6.19. The second-order valence-corrected chi connectivity index (χ2v) is 4.02. The van der Waals surface area contributed by atoms with Gasteiger partial charge in [0, 0.05) is 6.21 Å². The van der Waals surface area contributed by atoms with Crippen molar-refractivity contribution >= 4 is 23.8 Å². The first kappa shape index (κ1) is 11.3. The van der Waals surface area contributed by atoms with Crippen molar-refractivity contribution in [2.75, 3.05) is 5.01 Å². The van der Waals surface area contributed by atoms with Crippen LogP contribution in [0.1, 0.15) is 11.1 Å². The highest BCUT2D eigenvalue weighted by atomic mass is 16.4. The van der Waals surface area contributed by atoms with Crippen LogP contribution in [0.15, 0.2) is 23.3 Å². The van der Waals surface area contributed by atoms with Crippen LogP contribution in [-0.2, 0) is 9.59 Å². The number of benzene rings is 1. The molecule has 5 heteroatoms. The molecular weight excluding hydrogens is 220 g/mol. The Bertz CT molecular complexity index is 522. The normalized spacial score (nSPS) is 18.8. The lowest BCUT2D eigenvalue weighted by Gasteiger charge is -2.15. The fourth-order valence-electron chi connectivity index (χ4n) is 1.78. The number of carboxylic acids is 1. The summed E-state index contributed by atoms with van der Waals surface area (Å²) in [6.45, 7) is 3.81. The van der Waals surface area contributed by atoms with Gasteiger partial charge in [-0.25, -0.2) is 0 Å². The van der Waals surface area contributed by atoms with Crippen LogP contribution in [0.25, 0.3) is 0 Å². The van der Waals surface area contributed by atoms with Gasteiger partial charge in [0.05, 0.1) is 5.69 Å². The lowest BCUT2D eigenvalue weighted by Crippen LogP contribution is -2.31. The van der Waals surface area contributed by atoms with E-state index >= 15 is 0 Å². The van der Waals surface area contributed by atoms with E-state index in [9.17, 15) is 9.59 Å². The van der Waals surface area contributed by atoms with Gasteiger partial charge in [-0.1, -0.05) is 17.7 Å². The number of aliphatic carboxylic acids is 1. The molecule has 0 radical (unpaired) electrons. The Hall–Kier alpha value is -2.17. The quantitative estimate of drug-likeness (QED) is 0.782. The predicted octanol–water partition coefficient (Wildman–Crippen LogP) is 1.34. The molecule has 0 fully saturated rings. The van der Waals surface area contributed by atoms with Crippen molar-refractivity contribution in [2.24, 2.45) is 11.0 Å². The van der Waals surface area contributed by atoms with Gasteiger partial charge in [-0.15, -0.1) is 0 Å². The molecule has 1 aliphatic rings. The van der Waals surface area contributed by atoms with Gasteiger partial charge in [0.1, 0.15) is 0 Å². The number of carbonyl (C=O) groups excluding carboxylic acids is 1. The Morgan fingerprint density at radius 1 is 1.41 bits per heavy atom. The summed E-state index contributed by atoms with van der Waals surface area (Å²) in [6, 6.07) is 5.55. The van der Waals surface area contributed by atoms with Crippen LogP contribution < -0.4 is 5.01 Å². The van der Waals surface area contributed by atoms with Crippen molar-refractivity contribution in [1.29, 1.82) is 0 Å². The van der Waals surface area contributed by atoms with Crippen molar-refractivity contribution in [3.63, 3.8) is 0 Å². The fraction of sp³-hybridized carbons (Fsp3) is 0.250. The summed E-state index contributed by atoms with van der Waals surface area (Å²) in [6.07, 6.45) is 1.16. The summed E-state index contributed by atoms with van der Waals surface area (Å²) >= 11 is 0. The molecule has 0 aliphatic carbocycles. The van der Waals surface area contributed by atoms with E-state index in [1.165, 1.54) is 0 Å². The highest BCUT2D eigenvalue weighted by Crippen LogP contribution is 2.25. The van der Waals surface area contributed by atoms with E-state index in [-0.39, 0.29) is 0 Å². The zero-order valence-corrected chi connectivity index (χ0v) is 9.54. The average molecular weight is 232 g/mol. The number of hydrogen-bond donors (Lipinski definition) is 1. The molecule has 0 spiro atoms. The van der Waals surface area contributed by atoms with Gasteiger partial charge in [-0.3, -0.25) is 9.59 Å². The minimum atomic E-state index is -1.17. The van der Waals surface area contributed by atoms with Gasteiger partial charge in [0.25, 0.3) is 5.91 Å². The van der Waals surface area contributed by atoms with Gasteiger partial charge in [-0.05, 0) is 25.5 Å². The number of hydrogen-bond acceptors (Lipinski definition) is 3. The first-order valence-corrected chi connectivity index (χ1v) is 5.19. The molecule has 17 heavy (non-hydrogen) atoms. The van der Waals surface area contributed by atoms with E-state index < -0.39 is 17.8 Å². The molecule has 1 heterocycles. The molecule has 1 aromatic rings. The van der Waals surface area contributed by atoms with Crippen molar-refractivity contribution < 1.29 is 14.7 Å². The molecule has 88 valence electrons. The molecular formula is C12H12N2O3. The third kappa shape index (κ3) is 1.91. The molecule has 1 unspecified atom stereocenters. The molecule has 1 aliphatic heterocycles. The standard InChI is InChI=1S/C12H12N2O3/c1-7-3-4-10(8(2)5-7)14-11(15)9(6-13-14)12(16)17/h3-6,9H,1-2H3,(H,16,17). The van der Waals surface area contributed by atoms with E-state index in [2.05, 4.69) is 5.10 Å². The van der Waals surface area contributed by atoms with Crippen molar-refractivity contribution in [2.45, 2.75) is 13.8 Å². The van der Waals surface area contributed by atoms with Gasteiger partial charge in [-0.2, -0.15) is 10.1 Å². The Kier molecular flexibility index (Phi) is 2.67. The van der Waals surface area contributed by atoms with Gasteiger partial charge in [0.2, 0.25) is 0 Å². The third-order valence-corrected chi connectivity index (χ3v) is 2.65. The Morgan fingerprint density at radius 2 is 2.12 bits per heavy atom. The fourth-order valence-corrected chi connectivity index (χ4v) is 1.78. The maximum atomic E-state index is 11.8. The minimum Gasteiger partial charge on any atom is -0.480 e. The molecule has 0 saturated carbocycles. The molecule has 0 saturated heterocycles. The van der Waals surface area contributed by atoms with Crippen LogP contribution in [0, 0.1) is 19.8 Å². The van der Waals surface area contributed by atoms with E-state index in [1.807, 2.05) is 26.0 Å². The van der Waals surface area contributed by atoms with Crippen LogP contribution in [0.4, 0.5) is 5.69 Å². The third-order valence-electron chi connectivity index (χ3n) is 2.65. The number of amides is 1. The smallest absolute Gasteiger partial charge is 0.321 e. The second kappa shape index (κ2) is 4.01. The zero-order chi connectivity index (χ0) is 12.6. The zero-order valence-electron chi connectivity index (χ0n) is 9.54. The van der Waals surface area contributed by atoms with Crippen molar-refractivity contribution in [3.8, 4) is 0 Å². The summed E-state index contributed by atoms with van der Waals surface area (Å²) in [5.41, 5.74) is 2.60. The number of carboxylic acid groups (broad SMARTS) is 1. The number of rotatable bonds is 2. The molecule has 1 aromatic carbocycles. The van der Waals surface area contributed by atoms with E-state index in [4.69, 9.17) is 5.11 Å². The first-order valence-electron chi connectivity index (χ1n) is 5.19. The lowest BCUT2D eigenvalue weighted by molar-refractivity contribution is -0.142. The largest absolute Gasteiger partial charge is 0.480 e. The van der Waals surface area contributed by atoms with Crippen LogP contribution >= 0.6 is 0 Å². The van der Waals surface area contributed by atoms with Crippen LogP contribution in [-0.4, -0.2) is 23.2 Å². The topological polar surface area (TPSA) is 70.0 Å². The van der Waals surface area contributed by atoms with Crippen LogP contribution in [0.2, 0.25) is 0 Å². The molecule has 0 aromatic heterocycles. The van der Waals surface area contributed by atoms with Crippen LogP contribution in [0.5, 0.6) is 0 Å². The summed E-state index contributed by atoms with van der Waals surface area (Å²) in [5, 5.41) is 13.8. The van der Waals surface area contributed by atoms with Gasteiger partial charge >= 0.3 is 5.97 Å². The van der Waals surface area contributed by atoms with Gasteiger partial charge < -0.3 is 5.11 Å². The van der Waals surface area contributed by atoms with E-state index in [0.717, 1.165) is 22.4 Å². The second-order valence-electron chi connectivity index (χ2n) is 4.02. The van der Waals surface area contributed by atoms with Gasteiger partial charge in [0.15, 0.2) is 5.92 Å². The van der Waals surface area contributed by atoms with Crippen molar-refractivity contribution in [3.05, 3.63) is 29.3 Å². The Morgan fingerprint density at radius 3 is 2.65 bits per heavy atom. The number of hydrazone groups is 1.